The predicted molar refractivity (Wildman–Crippen MR) is 78.2 cm³/mol. The number of methoxy groups -OCH3 is 1. The average molecular weight is 267 g/mol. The highest BCUT2D eigenvalue weighted by Crippen LogP contribution is 2.20. The van der Waals surface area contributed by atoms with Gasteiger partial charge in [0.25, 0.3) is 0 Å². The van der Waals surface area contributed by atoms with Crippen molar-refractivity contribution in [1.29, 1.82) is 0 Å². The third kappa shape index (κ3) is 4.83. The molecule has 2 atom stereocenters. The third-order valence-electron chi connectivity index (χ3n) is 3.66. The summed E-state index contributed by atoms with van der Waals surface area (Å²) in [6.45, 7) is 7.61. The first kappa shape index (κ1) is 16.0. The summed E-state index contributed by atoms with van der Waals surface area (Å²) in [6.07, 6.45) is 3.10. The third-order valence-corrected chi connectivity index (χ3v) is 3.66. The number of ether oxygens (including phenoxy) is 1. The van der Waals surface area contributed by atoms with Gasteiger partial charge in [0.05, 0.1) is 7.11 Å². The minimum atomic E-state index is -0.279. The molecule has 0 heterocycles. The minimum Gasteiger partial charge on any atom is -0.494 e. The number of rotatable bonds is 8. The van der Waals surface area contributed by atoms with Gasteiger partial charge >= 0.3 is 0 Å². The quantitative estimate of drug-likeness (QED) is 0.773. The first-order chi connectivity index (χ1) is 9.12. The molecule has 1 N–H and O–H groups in total. The maximum Gasteiger partial charge on any atom is 0.165 e. The summed E-state index contributed by atoms with van der Waals surface area (Å²) in [4.78, 5) is 0. The van der Waals surface area contributed by atoms with Crippen molar-refractivity contribution >= 4 is 0 Å². The molecule has 1 rings (SSSR count). The van der Waals surface area contributed by atoms with Gasteiger partial charge in [-0.1, -0.05) is 33.3 Å². The summed E-state index contributed by atoms with van der Waals surface area (Å²) in [5.41, 5.74) is 1.02. The van der Waals surface area contributed by atoms with Crippen molar-refractivity contribution < 1.29 is 9.13 Å². The second-order valence-corrected chi connectivity index (χ2v) is 5.12. The summed E-state index contributed by atoms with van der Waals surface area (Å²) in [5.74, 6) is 0.612. The van der Waals surface area contributed by atoms with Crippen LogP contribution in [-0.4, -0.2) is 19.7 Å². The molecule has 0 aliphatic carbocycles. The monoisotopic (exact) mass is 267 g/mol. The van der Waals surface area contributed by atoms with Crippen molar-refractivity contribution in [2.24, 2.45) is 5.92 Å². The molecule has 0 radical (unpaired) electrons. The predicted octanol–water partition coefficient (Wildman–Crippen LogP) is 3.79. The smallest absolute Gasteiger partial charge is 0.165 e. The molecule has 0 aliphatic heterocycles. The van der Waals surface area contributed by atoms with Crippen LogP contribution in [0.4, 0.5) is 4.39 Å². The summed E-state index contributed by atoms with van der Waals surface area (Å²) in [6, 6.07) is 5.64. The Balaban J connectivity index is 2.74. The molecule has 0 aromatic heterocycles. The second kappa shape index (κ2) is 8.16. The molecule has 0 aliphatic rings. The summed E-state index contributed by atoms with van der Waals surface area (Å²) < 4.78 is 18.6. The molecule has 0 saturated carbocycles. The molecule has 108 valence electrons. The van der Waals surface area contributed by atoms with Crippen LogP contribution in [0.2, 0.25) is 0 Å². The largest absolute Gasteiger partial charge is 0.494 e. The summed E-state index contributed by atoms with van der Waals surface area (Å²) >= 11 is 0. The van der Waals surface area contributed by atoms with Gasteiger partial charge in [-0.05, 0) is 43.0 Å². The highest BCUT2D eigenvalue weighted by molar-refractivity contribution is 5.29. The lowest BCUT2D eigenvalue weighted by atomic mass is 9.93. The molecule has 0 amide bonds. The van der Waals surface area contributed by atoms with Gasteiger partial charge in [0, 0.05) is 6.04 Å². The van der Waals surface area contributed by atoms with Gasteiger partial charge in [-0.25, -0.2) is 4.39 Å². The summed E-state index contributed by atoms with van der Waals surface area (Å²) in [7, 11) is 1.49. The van der Waals surface area contributed by atoms with Gasteiger partial charge in [-0.2, -0.15) is 0 Å². The summed E-state index contributed by atoms with van der Waals surface area (Å²) in [5, 5.41) is 3.56. The molecular weight excluding hydrogens is 241 g/mol. The zero-order valence-corrected chi connectivity index (χ0v) is 12.5. The Bertz CT molecular complexity index is 381. The van der Waals surface area contributed by atoms with Crippen molar-refractivity contribution in [3.8, 4) is 5.75 Å². The molecule has 0 spiro atoms. The first-order valence-electron chi connectivity index (χ1n) is 7.18. The molecule has 19 heavy (non-hydrogen) atoms. The van der Waals surface area contributed by atoms with Crippen molar-refractivity contribution in [3.05, 3.63) is 29.6 Å². The highest BCUT2D eigenvalue weighted by atomic mass is 19.1. The molecule has 0 fully saturated rings. The lowest BCUT2D eigenvalue weighted by Gasteiger charge is -2.24. The van der Waals surface area contributed by atoms with Gasteiger partial charge in [0.1, 0.15) is 0 Å². The second-order valence-electron chi connectivity index (χ2n) is 5.12. The Labute approximate surface area is 116 Å². The van der Waals surface area contributed by atoms with Gasteiger partial charge < -0.3 is 10.1 Å². The number of halogens is 1. The minimum absolute atomic E-state index is 0.279. The van der Waals surface area contributed by atoms with E-state index >= 15 is 0 Å². The molecular formula is C16H26FNO. The van der Waals surface area contributed by atoms with E-state index < -0.39 is 0 Å². The molecule has 3 heteroatoms. The fourth-order valence-electron chi connectivity index (χ4n) is 2.18. The van der Waals surface area contributed by atoms with Crippen molar-refractivity contribution in [1.82, 2.24) is 5.32 Å². The molecule has 2 nitrogen and oxygen atoms in total. The van der Waals surface area contributed by atoms with Crippen molar-refractivity contribution in [2.45, 2.75) is 46.1 Å². The highest BCUT2D eigenvalue weighted by Gasteiger charge is 2.16. The molecule has 1 aromatic rings. The fraction of sp³-hybridized carbons (Fsp3) is 0.625. The van der Waals surface area contributed by atoms with Crippen LogP contribution >= 0.6 is 0 Å². The standard InChI is InChI=1S/C16H26FNO/c1-5-9-18-15(12(3)6-2)11-13-7-8-16(19-4)14(17)10-13/h7-8,10,12,15,18H,5-6,9,11H2,1-4H3. The van der Waals surface area contributed by atoms with Crippen LogP contribution < -0.4 is 10.1 Å². The molecule has 0 bridgehead atoms. The van der Waals surface area contributed by atoms with E-state index in [4.69, 9.17) is 4.74 Å². The SMILES string of the molecule is CCCNC(Cc1ccc(OC)c(F)c1)C(C)CC. The topological polar surface area (TPSA) is 21.3 Å². The van der Waals surface area contributed by atoms with Crippen LogP contribution in [0.1, 0.15) is 39.2 Å². The van der Waals surface area contributed by atoms with E-state index in [9.17, 15) is 4.39 Å². The van der Waals surface area contributed by atoms with Gasteiger partial charge in [-0.3, -0.25) is 0 Å². The molecule has 2 unspecified atom stereocenters. The van der Waals surface area contributed by atoms with E-state index in [0.717, 1.165) is 31.4 Å². The van der Waals surface area contributed by atoms with Crippen LogP contribution in [0.5, 0.6) is 5.75 Å². The molecule has 1 aromatic carbocycles. The Morgan fingerprint density at radius 3 is 2.58 bits per heavy atom. The van der Waals surface area contributed by atoms with E-state index in [2.05, 4.69) is 26.1 Å². The van der Waals surface area contributed by atoms with Gasteiger partial charge in [-0.15, -0.1) is 0 Å². The van der Waals surface area contributed by atoms with Gasteiger partial charge in [0.2, 0.25) is 0 Å². The van der Waals surface area contributed by atoms with E-state index in [-0.39, 0.29) is 5.82 Å². The average Bonchev–Trinajstić information content (AvgIpc) is 2.42. The molecule has 0 saturated heterocycles. The van der Waals surface area contributed by atoms with E-state index in [1.807, 2.05) is 6.07 Å². The normalized spacial score (nSPS) is 14.2. The number of nitrogens with one attached hydrogen (secondary N) is 1. The zero-order valence-electron chi connectivity index (χ0n) is 12.5. The maximum atomic E-state index is 13.7. The Morgan fingerprint density at radius 1 is 1.32 bits per heavy atom. The number of hydrogen-bond donors (Lipinski definition) is 1. The Morgan fingerprint density at radius 2 is 2.05 bits per heavy atom. The van der Waals surface area contributed by atoms with Crippen molar-refractivity contribution in [2.75, 3.05) is 13.7 Å². The van der Waals surface area contributed by atoms with E-state index in [0.29, 0.717) is 17.7 Å². The Hall–Kier alpha value is -1.09. The maximum absolute atomic E-state index is 13.7. The fourth-order valence-corrected chi connectivity index (χ4v) is 2.18. The first-order valence-corrected chi connectivity index (χ1v) is 7.18. The van der Waals surface area contributed by atoms with E-state index in [1.165, 1.54) is 7.11 Å². The van der Waals surface area contributed by atoms with E-state index in [1.54, 1.807) is 12.1 Å². The van der Waals surface area contributed by atoms with Crippen LogP contribution in [0.15, 0.2) is 18.2 Å². The van der Waals surface area contributed by atoms with Crippen molar-refractivity contribution in [3.63, 3.8) is 0 Å². The Kier molecular flexibility index (Phi) is 6.85. The van der Waals surface area contributed by atoms with Crippen LogP contribution in [0.25, 0.3) is 0 Å². The van der Waals surface area contributed by atoms with Crippen LogP contribution in [0, 0.1) is 11.7 Å². The lowest BCUT2D eigenvalue weighted by Crippen LogP contribution is -2.37. The lowest BCUT2D eigenvalue weighted by molar-refractivity contribution is 0.363. The number of hydrogen-bond acceptors (Lipinski definition) is 2. The zero-order chi connectivity index (χ0) is 14.3. The van der Waals surface area contributed by atoms with Crippen LogP contribution in [0.3, 0.4) is 0 Å². The van der Waals surface area contributed by atoms with Crippen LogP contribution in [-0.2, 0) is 6.42 Å². The number of benzene rings is 1. The van der Waals surface area contributed by atoms with Gasteiger partial charge in [0.15, 0.2) is 11.6 Å².